The lowest BCUT2D eigenvalue weighted by Gasteiger charge is -1.98. The Kier molecular flexibility index (Phi) is 1.85. The number of hydrazine groups is 1. The fraction of sp³-hybridized carbons (Fsp3) is 0.111. The van der Waals surface area contributed by atoms with E-state index in [1.54, 1.807) is 19.2 Å². The fourth-order valence-corrected chi connectivity index (χ4v) is 1.38. The molecule has 1 aromatic heterocycles. The molecule has 3 N–H and O–H groups in total. The number of carbonyl (C=O) groups is 2. The number of carbonyl (C=O) groups excluding carboxylic acids is 2. The van der Waals surface area contributed by atoms with Crippen molar-refractivity contribution in [3.05, 3.63) is 29.6 Å². The van der Waals surface area contributed by atoms with Crippen molar-refractivity contribution in [2.24, 2.45) is 0 Å². The summed E-state index contributed by atoms with van der Waals surface area (Å²) in [5.41, 5.74) is 6.08. The number of hydrogen-bond donors (Lipinski definition) is 3. The van der Waals surface area contributed by atoms with Crippen LogP contribution in [-0.4, -0.2) is 16.8 Å². The van der Waals surface area contributed by atoms with E-state index >= 15 is 0 Å². The average molecular weight is 191 g/mol. The van der Waals surface area contributed by atoms with E-state index in [0.29, 0.717) is 5.57 Å². The molecule has 0 unspecified atom stereocenters. The Labute approximate surface area is 80.2 Å². The van der Waals surface area contributed by atoms with E-state index in [4.69, 9.17) is 0 Å². The van der Waals surface area contributed by atoms with E-state index in [1.807, 2.05) is 6.07 Å². The van der Waals surface area contributed by atoms with Crippen molar-refractivity contribution in [3.8, 4) is 0 Å². The van der Waals surface area contributed by atoms with E-state index in [1.165, 1.54) is 0 Å². The SMILES string of the molecule is CC(=C1C(=O)NNC1=O)c1ccc[nH]1. The van der Waals surface area contributed by atoms with Crippen molar-refractivity contribution in [2.45, 2.75) is 6.92 Å². The molecule has 2 heterocycles. The first kappa shape index (κ1) is 8.55. The minimum atomic E-state index is -0.387. The van der Waals surface area contributed by atoms with E-state index in [9.17, 15) is 9.59 Å². The van der Waals surface area contributed by atoms with Crippen molar-refractivity contribution in [3.63, 3.8) is 0 Å². The molecule has 0 radical (unpaired) electrons. The molecular formula is C9H9N3O2. The molecular weight excluding hydrogens is 182 g/mol. The Morgan fingerprint density at radius 1 is 1.21 bits per heavy atom. The van der Waals surface area contributed by atoms with Crippen LogP contribution in [0.4, 0.5) is 0 Å². The summed E-state index contributed by atoms with van der Waals surface area (Å²) in [5.74, 6) is -0.774. The summed E-state index contributed by atoms with van der Waals surface area (Å²) < 4.78 is 0. The third-order valence-corrected chi connectivity index (χ3v) is 2.12. The van der Waals surface area contributed by atoms with Gasteiger partial charge in [-0.3, -0.25) is 20.4 Å². The molecule has 72 valence electrons. The Morgan fingerprint density at radius 2 is 1.86 bits per heavy atom. The van der Waals surface area contributed by atoms with Crippen LogP contribution in [0.3, 0.4) is 0 Å². The molecule has 2 rings (SSSR count). The van der Waals surface area contributed by atoms with Gasteiger partial charge in [0.25, 0.3) is 11.8 Å². The van der Waals surface area contributed by atoms with E-state index < -0.39 is 0 Å². The molecule has 0 aliphatic carbocycles. The highest BCUT2D eigenvalue weighted by molar-refractivity contribution is 6.27. The van der Waals surface area contributed by atoms with Crippen LogP contribution >= 0.6 is 0 Å². The molecule has 1 aromatic rings. The number of H-pyrrole nitrogens is 1. The lowest BCUT2D eigenvalue weighted by Crippen LogP contribution is -2.28. The zero-order valence-corrected chi connectivity index (χ0v) is 7.55. The smallest absolute Gasteiger partial charge is 0.275 e. The van der Waals surface area contributed by atoms with Gasteiger partial charge >= 0.3 is 0 Å². The number of aromatic amines is 1. The largest absolute Gasteiger partial charge is 0.361 e. The number of amides is 2. The van der Waals surface area contributed by atoms with Gasteiger partial charge in [0.05, 0.1) is 0 Å². The molecule has 2 amide bonds. The average Bonchev–Trinajstić information content (AvgIpc) is 2.75. The van der Waals surface area contributed by atoms with Gasteiger partial charge in [-0.15, -0.1) is 0 Å². The summed E-state index contributed by atoms with van der Waals surface area (Å²) in [4.78, 5) is 25.4. The number of aromatic nitrogens is 1. The van der Waals surface area contributed by atoms with Crippen molar-refractivity contribution in [1.82, 2.24) is 15.8 Å². The Bertz CT molecular complexity index is 399. The van der Waals surface area contributed by atoms with Gasteiger partial charge in [0.15, 0.2) is 0 Å². The minimum absolute atomic E-state index is 0.160. The molecule has 0 bridgehead atoms. The standard InChI is InChI=1S/C9H9N3O2/c1-5(6-3-2-4-10-6)7-8(13)11-12-9(7)14/h2-4,10H,1H3,(H,11,13)(H,12,14). The van der Waals surface area contributed by atoms with Gasteiger partial charge in [-0.05, 0) is 24.6 Å². The van der Waals surface area contributed by atoms with Crippen LogP contribution in [0.1, 0.15) is 12.6 Å². The first-order chi connectivity index (χ1) is 6.70. The molecule has 0 saturated carbocycles. The van der Waals surface area contributed by atoms with Gasteiger partial charge < -0.3 is 4.98 Å². The van der Waals surface area contributed by atoms with E-state index in [-0.39, 0.29) is 17.4 Å². The zero-order valence-electron chi connectivity index (χ0n) is 7.55. The normalized spacial score (nSPS) is 15.4. The maximum absolute atomic E-state index is 11.3. The van der Waals surface area contributed by atoms with Crippen LogP contribution in [-0.2, 0) is 9.59 Å². The highest BCUT2D eigenvalue weighted by atomic mass is 16.2. The molecule has 1 aliphatic rings. The molecule has 0 aromatic carbocycles. The summed E-state index contributed by atoms with van der Waals surface area (Å²) >= 11 is 0. The summed E-state index contributed by atoms with van der Waals surface area (Å²) in [5, 5.41) is 0. The molecule has 1 saturated heterocycles. The lowest BCUT2D eigenvalue weighted by atomic mass is 10.1. The second-order valence-corrected chi connectivity index (χ2v) is 2.99. The van der Waals surface area contributed by atoms with Crippen molar-refractivity contribution in [1.29, 1.82) is 0 Å². The summed E-state index contributed by atoms with van der Waals surface area (Å²) in [6.07, 6.45) is 1.74. The summed E-state index contributed by atoms with van der Waals surface area (Å²) in [7, 11) is 0. The first-order valence-corrected chi connectivity index (χ1v) is 4.15. The van der Waals surface area contributed by atoms with Crippen molar-refractivity contribution in [2.75, 3.05) is 0 Å². The van der Waals surface area contributed by atoms with Crippen LogP contribution in [0, 0.1) is 0 Å². The predicted molar refractivity (Wildman–Crippen MR) is 49.7 cm³/mol. The van der Waals surface area contributed by atoms with Crippen LogP contribution in [0.5, 0.6) is 0 Å². The Morgan fingerprint density at radius 3 is 2.36 bits per heavy atom. The molecule has 1 fully saturated rings. The van der Waals surface area contributed by atoms with Gasteiger partial charge in [-0.1, -0.05) is 0 Å². The Balaban J connectivity index is 2.49. The summed E-state index contributed by atoms with van der Waals surface area (Å²) in [6, 6.07) is 3.62. The molecule has 5 nitrogen and oxygen atoms in total. The summed E-state index contributed by atoms with van der Waals surface area (Å²) in [6.45, 7) is 1.73. The van der Waals surface area contributed by atoms with Crippen molar-refractivity contribution >= 4 is 17.4 Å². The topological polar surface area (TPSA) is 74.0 Å². The van der Waals surface area contributed by atoms with Crippen LogP contribution in [0.15, 0.2) is 23.9 Å². The quantitative estimate of drug-likeness (QED) is 0.430. The van der Waals surface area contributed by atoms with Gasteiger partial charge in [-0.2, -0.15) is 0 Å². The maximum Gasteiger partial charge on any atom is 0.275 e. The number of hydrogen-bond acceptors (Lipinski definition) is 2. The predicted octanol–water partition coefficient (Wildman–Crippen LogP) is -0.0508. The lowest BCUT2D eigenvalue weighted by molar-refractivity contribution is -0.117. The third kappa shape index (κ3) is 1.19. The molecule has 0 spiro atoms. The number of rotatable bonds is 1. The second-order valence-electron chi connectivity index (χ2n) is 2.99. The second kappa shape index (κ2) is 3.02. The van der Waals surface area contributed by atoms with Crippen LogP contribution < -0.4 is 10.9 Å². The molecule has 5 heteroatoms. The molecule has 1 aliphatic heterocycles. The molecule has 0 atom stereocenters. The highest BCUT2D eigenvalue weighted by Crippen LogP contribution is 2.18. The van der Waals surface area contributed by atoms with Gasteiger partial charge in [0.2, 0.25) is 0 Å². The third-order valence-electron chi connectivity index (χ3n) is 2.12. The highest BCUT2D eigenvalue weighted by Gasteiger charge is 2.28. The van der Waals surface area contributed by atoms with E-state index in [2.05, 4.69) is 15.8 Å². The van der Waals surface area contributed by atoms with Crippen LogP contribution in [0.2, 0.25) is 0 Å². The Hall–Kier alpha value is -2.04. The van der Waals surface area contributed by atoms with E-state index in [0.717, 1.165) is 5.69 Å². The fourth-order valence-electron chi connectivity index (χ4n) is 1.38. The van der Waals surface area contributed by atoms with Gasteiger partial charge in [0, 0.05) is 11.9 Å². The van der Waals surface area contributed by atoms with Crippen LogP contribution in [0.25, 0.3) is 5.57 Å². The maximum atomic E-state index is 11.3. The number of nitrogens with one attached hydrogen (secondary N) is 3. The zero-order chi connectivity index (χ0) is 10.1. The number of allylic oxidation sites excluding steroid dienone is 1. The van der Waals surface area contributed by atoms with Gasteiger partial charge in [-0.25, -0.2) is 0 Å². The van der Waals surface area contributed by atoms with Gasteiger partial charge in [0.1, 0.15) is 5.57 Å². The first-order valence-electron chi connectivity index (χ1n) is 4.15. The van der Waals surface area contributed by atoms with Crippen molar-refractivity contribution < 1.29 is 9.59 Å². The molecule has 14 heavy (non-hydrogen) atoms. The monoisotopic (exact) mass is 191 g/mol. The minimum Gasteiger partial charge on any atom is -0.361 e.